The topological polar surface area (TPSA) is 46.9 Å². The van der Waals surface area contributed by atoms with Crippen molar-refractivity contribution in [3.63, 3.8) is 0 Å². The van der Waals surface area contributed by atoms with Crippen molar-refractivity contribution >= 4 is 28.5 Å². The van der Waals surface area contributed by atoms with Gasteiger partial charge in [-0.2, -0.15) is 0 Å². The van der Waals surface area contributed by atoms with Gasteiger partial charge in [-0.15, -0.1) is 0 Å². The quantitative estimate of drug-likeness (QED) is 0.383. The molecule has 4 rings (SSSR count). The van der Waals surface area contributed by atoms with Crippen LogP contribution in [0.1, 0.15) is 28.9 Å². The fraction of sp³-hybridized carbons (Fsp3) is 0.231. The van der Waals surface area contributed by atoms with E-state index in [1.165, 1.54) is 11.1 Å². The second kappa shape index (κ2) is 9.80. The third-order valence-electron chi connectivity index (χ3n) is 5.33. The summed E-state index contributed by atoms with van der Waals surface area (Å²) in [5.74, 6) is 1.07. The van der Waals surface area contributed by atoms with E-state index in [9.17, 15) is 4.79 Å². The summed E-state index contributed by atoms with van der Waals surface area (Å²) in [6.45, 7) is 3.53. The Balaban J connectivity index is 1.39. The first-order chi connectivity index (χ1) is 15.1. The van der Waals surface area contributed by atoms with Gasteiger partial charge < -0.3 is 9.88 Å². The van der Waals surface area contributed by atoms with Crippen LogP contribution in [0.5, 0.6) is 0 Å². The van der Waals surface area contributed by atoms with Crippen LogP contribution in [0.15, 0.2) is 72.8 Å². The molecule has 0 aliphatic heterocycles. The summed E-state index contributed by atoms with van der Waals surface area (Å²) >= 11 is 5.90. The number of para-hydroxylation sites is 2. The Hall–Kier alpha value is -3.11. The SMILES string of the molecule is Cc1cccc(Cn2c(CCCNC(=O)Cc3ccc(Cl)cc3)nc3ccccc32)c1. The van der Waals surface area contributed by atoms with Crippen LogP contribution in [0.25, 0.3) is 11.0 Å². The maximum absolute atomic E-state index is 12.2. The number of nitrogens with one attached hydrogen (secondary N) is 1. The molecule has 4 aromatic rings. The number of imidazole rings is 1. The van der Waals surface area contributed by atoms with Gasteiger partial charge in [-0.1, -0.05) is 65.7 Å². The highest BCUT2D eigenvalue weighted by atomic mass is 35.5. The Morgan fingerprint density at radius 3 is 2.61 bits per heavy atom. The number of hydrogen-bond acceptors (Lipinski definition) is 2. The van der Waals surface area contributed by atoms with Gasteiger partial charge in [0.15, 0.2) is 0 Å². The van der Waals surface area contributed by atoms with Gasteiger partial charge in [-0.3, -0.25) is 4.79 Å². The number of aryl methyl sites for hydroxylation is 2. The predicted molar refractivity (Wildman–Crippen MR) is 127 cm³/mol. The lowest BCUT2D eigenvalue weighted by Gasteiger charge is -2.11. The van der Waals surface area contributed by atoms with Crippen LogP contribution >= 0.6 is 11.6 Å². The van der Waals surface area contributed by atoms with Crippen LogP contribution in [0.3, 0.4) is 0 Å². The van der Waals surface area contributed by atoms with Crippen molar-refractivity contribution in [2.24, 2.45) is 0 Å². The van der Waals surface area contributed by atoms with E-state index >= 15 is 0 Å². The number of amides is 1. The third-order valence-corrected chi connectivity index (χ3v) is 5.59. The average Bonchev–Trinajstić information content (AvgIpc) is 3.10. The molecule has 0 unspecified atom stereocenters. The number of rotatable bonds is 8. The summed E-state index contributed by atoms with van der Waals surface area (Å²) in [6, 6.07) is 24.2. The summed E-state index contributed by atoms with van der Waals surface area (Å²) in [6.07, 6.45) is 2.01. The van der Waals surface area contributed by atoms with E-state index in [-0.39, 0.29) is 5.91 Å². The average molecular weight is 432 g/mol. The number of benzene rings is 3. The molecule has 31 heavy (non-hydrogen) atoms. The first kappa shape index (κ1) is 21.1. The van der Waals surface area contributed by atoms with E-state index in [1.54, 1.807) is 0 Å². The van der Waals surface area contributed by atoms with Crippen LogP contribution < -0.4 is 5.32 Å². The van der Waals surface area contributed by atoms with Crippen molar-refractivity contribution in [2.75, 3.05) is 6.54 Å². The highest BCUT2D eigenvalue weighted by Crippen LogP contribution is 2.19. The first-order valence-corrected chi connectivity index (χ1v) is 11.0. The molecule has 0 saturated heterocycles. The molecule has 5 heteroatoms. The molecule has 0 radical (unpaired) electrons. The van der Waals surface area contributed by atoms with Gasteiger partial charge in [0.1, 0.15) is 5.82 Å². The van der Waals surface area contributed by atoms with E-state index in [0.29, 0.717) is 18.0 Å². The molecule has 0 saturated carbocycles. The molecule has 3 aromatic carbocycles. The number of carbonyl (C=O) groups excluding carboxylic acids is 1. The second-order valence-electron chi connectivity index (χ2n) is 7.85. The lowest BCUT2D eigenvalue weighted by atomic mass is 10.1. The third kappa shape index (κ3) is 5.53. The van der Waals surface area contributed by atoms with Crippen molar-refractivity contribution < 1.29 is 4.79 Å². The van der Waals surface area contributed by atoms with Crippen molar-refractivity contribution in [3.8, 4) is 0 Å². The van der Waals surface area contributed by atoms with Gasteiger partial charge in [0, 0.05) is 24.5 Å². The van der Waals surface area contributed by atoms with Crippen LogP contribution in [0.4, 0.5) is 0 Å². The Kier molecular flexibility index (Phi) is 6.68. The Bertz CT molecular complexity index is 1180. The summed E-state index contributed by atoms with van der Waals surface area (Å²) in [4.78, 5) is 17.1. The van der Waals surface area contributed by atoms with E-state index in [2.05, 4.69) is 59.3 Å². The summed E-state index contributed by atoms with van der Waals surface area (Å²) in [5, 5.41) is 3.70. The molecular weight excluding hydrogens is 406 g/mol. The minimum atomic E-state index is 0.0237. The molecule has 4 nitrogen and oxygen atoms in total. The summed E-state index contributed by atoms with van der Waals surface area (Å²) in [7, 11) is 0. The van der Waals surface area contributed by atoms with Gasteiger partial charge in [-0.25, -0.2) is 4.98 Å². The zero-order chi connectivity index (χ0) is 21.6. The van der Waals surface area contributed by atoms with Crippen LogP contribution in [0, 0.1) is 6.92 Å². The molecule has 158 valence electrons. The van der Waals surface area contributed by atoms with E-state index in [0.717, 1.165) is 41.8 Å². The Morgan fingerprint density at radius 1 is 1.00 bits per heavy atom. The molecule has 1 N–H and O–H groups in total. The van der Waals surface area contributed by atoms with Crippen molar-refractivity contribution in [2.45, 2.75) is 32.7 Å². The second-order valence-corrected chi connectivity index (χ2v) is 8.29. The standard InChI is InChI=1S/C26H26ClN3O/c1-19-6-4-7-21(16-19)18-30-24-9-3-2-8-23(24)29-25(30)10-5-15-28-26(31)17-20-11-13-22(27)14-12-20/h2-4,6-9,11-14,16H,5,10,15,17-18H2,1H3,(H,28,31). The highest BCUT2D eigenvalue weighted by Gasteiger charge is 2.11. The lowest BCUT2D eigenvalue weighted by Crippen LogP contribution is -2.26. The van der Waals surface area contributed by atoms with Gasteiger partial charge in [0.2, 0.25) is 5.91 Å². The fourth-order valence-corrected chi connectivity index (χ4v) is 3.94. The number of halogens is 1. The minimum Gasteiger partial charge on any atom is -0.356 e. The van der Waals surface area contributed by atoms with Crippen LogP contribution in [0.2, 0.25) is 5.02 Å². The van der Waals surface area contributed by atoms with E-state index in [1.807, 2.05) is 30.3 Å². The lowest BCUT2D eigenvalue weighted by molar-refractivity contribution is -0.120. The summed E-state index contributed by atoms with van der Waals surface area (Å²) < 4.78 is 2.29. The fourth-order valence-electron chi connectivity index (χ4n) is 3.81. The van der Waals surface area contributed by atoms with Crippen LogP contribution in [-0.2, 0) is 24.2 Å². The predicted octanol–water partition coefficient (Wildman–Crippen LogP) is 5.34. The largest absolute Gasteiger partial charge is 0.356 e. The maximum atomic E-state index is 12.2. The van der Waals surface area contributed by atoms with Gasteiger partial charge in [0.25, 0.3) is 0 Å². The number of carbonyl (C=O) groups is 1. The first-order valence-electron chi connectivity index (χ1n) is 10.6. The van der Waals surface area contributed by atoms with Crippen molar-refractivity contribution in [1.82, 2.24) is 14.9 Å². The minimum absolute atomic E-state index is 0.0237. The van der Waals surface area contributed by atoms with Gasteiger partial charge in [-0.05, 0) is 48.7 Å². The molecule has 1 aromatic heterocycles. The van der Waals surface area contributed by atoms with Crippen molar-refractivity contribution in [3.05, 3.63) is 100 Å². The number of hydrogen-bond donors (Lipinski definition) is 1. The maximum Gasteiger partial charge on any atom is 0.224 e. The smallest absolute Gasteiger partial charge is 0.224 e. The highest BCUT2D eigenvalue weighted by molar-refractivity contribution is 6.30. The zero-order valence-corrected chi connectivity index (χ0v) is 18.4. The number of nitrogens with zero attached hydrogens (tertiary/aromatic N) is 2. The molecule has 0 spiro atoms. The molecule has 0 atom stereocenters. The Labute approximate surface area is 187 Å². The van der Waals surface area contributed by atoms with E-state index < -0.39 is 0 Å². The molecule has 0 aliphatic rings. The van der Waals surface area contributed by atoms with E-state index in [4.69, 9.17) is 16.6 Å². The zero-order valence-electron chi connectivity index (χ0n) is 17.6. The van der Waals surface area contributed by atoms with Gasteiger partial charge in [0.05, 0.1) is 17.5 Å². The molecule has 0 aliphatic carbocycles. The summed E-state index contributed by atoms with van der Waals surface area (Å²) in [5.41, 5.74) is 5.64. The van der Waals surface area contributed by atoms with Gasteiger partial charge >= 0.3 is 0 Å². The number of aromatic nitrogens is 2. The monoisotopic (exact) mass is 431 g/mol. The van der Waals surface area contributed by atoms with Crippen molar-refractivity contribution in [1.29, 1.82) is 0 Å². The molecule has 1 amide bonds. The molecule has 0 bridgehead atoms. The Morgan fingerprint density at radius 2 is 1.81 bits per heavy atom. The van der Waals surface area contributed by atoms with Crippen LogP contribution in [-0.4, -0.2) is 22.0 Å². The molecule has 0 fully saturated rings. The molecule has 1 heterocycles. The molecular formula is C26H26ClN3O. The number of fused-ring (bicyclic) bond motifs is 1. The normalized spacial score (nSPS) is 11.0.